The molecule has 196 valence electrons. The second-order valence-corrected chi connectivity index (χ2v) is 9.76. The maximum Gasteiger partial charge on any atom is 0.294 e. The summed E-state index contributed by atoms with van der Waals surface area (Å²) in [6.07, 6.45) is 3.26. The molecule has 1 N–H and O–H groups in total. The van der Waals surface area contributed by atoms with Crippen LogP contribution in [0.4, 0.5) is 10.5 Å². The van der Waals surface area contributed by atoms with Crippen LogP contribution in [-0.4, -0.2) is 47.2 Å². The number of nitrogens with one attached hydrogen (secondary N) is 1. The van der Waals surface area contributed by atoms with Gasteiger partial charge in [0.05, 0.1) is 28.8 Å². The number of anilines is 1. The number of methoxy groups -OCH3 is 1. The van der Waals surface area contributed by atoms with Gasteiger partial charge in [-0.2, -0.15) is 0 Å². The molecule has 1 aromatic heterocycles. The first-order valence-corrected chi connectivity index (χ1v) is 13.2. The third-order valence-corrected chi connectivity index (χ3v) is 6.76. The van der Waals surface area contributed by atoms with Crippen LogP contribution in [0, 0.1) is 0 Å². The highest BCUT2D eigenvalue weighted by Crippen LogP contribution is 2.39. The lowest BCUT2D eigenvalue weighted by molar-refractivity contribution is -0.127. The van der Waals surface area contributed by atoms with Gasteiger partial charge in [-0.25, -0.2) is 0 Å². The van der Waals surface area contributed by atoms with Crippen molar-refractivity contribution in [1.29, 1.82) is 0 Å². The Bertz CT molecular complexity index is 1370. The van der Waals surface area contributed by atoms with Crippen LogP contribution in [0.1, 0.15) is 18.2 Å². The van der Waals surface area contributed by atoms with Gasteiger partial charge in [-0.05, 0) is 94.8 Å². The zero-order valence-corrected chi connectivity index (χ0v) is 23.0. The Hall–Kier alpha value is -3.83. The molecular weight excluding hydrogens is 574 g/mol. The summed E-state index contributed by atoms with van der Waals surface area (Å²) >= 11 is 4.26. The summed E-state index contributed by atoms with van der Waals surface area (Å²) in [5.74, 6) is 0.562. The molecule has 2 heterocycles. The van der Waals surface area contributed by atoms with Gasteiger partial charge in [0.2, 0.25) is 5.91 Å². The highest BCUT2D eigenvalue weighted by Gasteiger charge is 2.36. The fraction of sp³-hybridized carbons (Fsp3) is 0.185. The van der Waals surface area contributed by atoms with E-state index in [4.69, 9.17) is 14.2 Å². The number of carbonyl (C=O) groups is 3. The highest BCUT2D eigenvalue weighted by molar-refractivity contribution is 9.10. The molecule has 0 aliphatic carbocycles. The van der Waals surface area contributed by atoms with Gasteiger partial charge in [0.1, 0.15) is 18.9 Å². The molecule has 0 saturated carbocycles. The monoisotopic (exact) mass is 597 g/mol. The first-order chi connectivity index (χ1) is 18.4. The summed E-state index contributed by atoms with van der Waals surface area (Å²) in [4.78, 5) is 43.3. The summed E-state index contributed by atoms with van der Waals surface area (Å²) in [7, 11) is 1.51. The molecule has 3 amide bonds. The molecule has 0 bridgehead atoms. The average molecular weight is 598 g/mol. The van der Waals surface area contributed by atoms with Gasteiger partial charge in [-0.3, -0.25) is 24.3 Å². The van der Waals surface area contributed by atoms with E-state index in [1.165, 1.54) is 7.11 Å². The first kappa shape index (κ1) is 27.2. The number of amides is 3. The van der Waals surface area contributed by atoms with E-state index < -0.39 is 23.6 Å². The Labute approximate surface area is 232 Å². The number of pyridine rings is 1. The fourth-order valence-electron chi connectivity index (χ4n) is 3.53. The Morgan fingerprint density at radius 3 is 2.61 bits per heavy atom. The molecule has 1 aliphatic rings. The topological polar surface area (TPSA) is 107 Å². The molecule has 9 nitrogen and oxygen atoms in total. The van der Waals surface area contributed by atoms with Gasteiger partial charge in [0.15, 0.2) is 11.5 Å². The number of hydrogen-bond donors (Lipinski definition) is 1. The maximum atomic E-state index is 12.9. The minimum Gasteiger partial charge on any atom is -0.494 e. The number of nitrogens with zero attached hydrogens (tertiary/aromatic N) is 2. The number of aromatic nitrogens is 1. The number of hydrogen-bond acceptors (Lipinski definition) is 8. The smallest absolute Gasteiger partial charge is 0.294 e. The van der Waals surface area contributed by atoms with E-state index in [9.17, 15) is 14.4 Å². The minimum atomic E-state index is -0.549. The van der Waals surface area contributed by atoms with Crippen molar-refractivity contribution in [3.05, 3.63) is 81.4 Å². The van der Waals surface area contributed by atoms with Gasteiger partial charge >= 0.3 is 0 Å². The van der Waals surface area contributed by atoms with E-state index >= 15 is 0 Å². The molecular formula is C27H24BrN3O6S. The van der Waals surface area contributed by atoms with Gasteiger partial charge in [-0.1, -0.05) is 6.07 Å². The molecule has 2 aromatic carbocycles. The number of imide groups is 1. The molecule has 0 unspecified atom stereocenters. The molecule has 38 heavy (non-hydrogen) atoms. The molecule has 4 rings (SSSR count). The lowest BCUT2D eigenvalue weighted by Gasteiger charge is -2.14. The zero-order chi connectivity index (χ0) is 27.1. The summed E-state index contributed by atoms with van der Waals surface area (Å²) < 4.78 is 17.4. The van der Waals surface area contributed by atoms with E-state index in [1.54, 1.807) is 48.7 Å². The Kier molecular flexibility index (Phi) is 9.03. The third-order valence-electron chi connectivity index (χ3n) is 5.26. The van der Waals surface area contributed by atoms with E-state index in [1.807, 2.05) is 25.1 Å². The van der Waals surface area contributed by atoms with Crippen LogP contribution in [0.3, 0.4) is 0 Å². The molecule has 1 fully saturated rings. The fourth-order valence-corrected chi connectivity index (χ4v) is 4.94. The van der Waals surface area contributed by atoms with Crippen molar-refractivity contribution < 1.29 is 28.6 Å². The number of ether oxygens (including phenoxy) is 3. The Morgan fingerprint density at radius 1 is 1.13 bits per heavy atom. The second kappa shape index (κ2) is 12.6. The third kappa shape index (κ3) is 6.73. The molecule has 0 radical (unpaired) electrons. The quantitative estimate of drug-likeness (QED) is 0.305. The summed E-state index contributed by atoms with van der Waals surface area (Å²) in [6.45, 7) is 2.26. The normalized spacial score (nSPS) is 14.1. The lowest BCUT2D eigenvalue weighted by atomic mass is 10.2. The van der Waals surface area contributed by atoms with Crippen LogP contribution in [0.2, 0.25) is 0 Å². The average Bonchev–Trinajstić information content (AvgIpc) is 3.16. The Morgan fingerprint density at radius 2 is 1.92 bits per heavy atom. The van der Waals surface area contributed by atoms with Gasteiger partial charge in [-0.15, -0.1) is 0 Å². The number of halogens is 1. The molecule has 0 spiro atoms. The number of rotatable bonds is 10. The van der Waals surface area contributed by atoms with E-state index in [0.29, 0.717) is 39.6 Å². The summed E-state index contributed by atoms with van der Waals surface area (Å²) in [5, 5.41) is 2.16. The second-order valence-electron chi connectivity index (χ2n) is 7.92. The summed E-state index contributed by atoms with van der Waals surface area (Å²) in [6, 6.07) is 15.8. The highest BCUT2D eigenvalue weighted by atomic mass is 79.9. The minimum absolute atomic E-state index is 0.194. The van der Waals surface area contributed by atoms with Crippen molar-refractivity contribution in [1.82, 2.24) is 9.88 Å². The van der Waals surface area contributed by atoms with Crippen LogP contribution in [0.5, 0.6) is 17.2 Å². The lowest BCUT2D eigenvalue weighted by Crippen LogP contribution is -2.36. The number of thioether (sulfide) groups is 1. The largest absolute Gasteiger partial charge is 0.494 e. The maximum absolute atomic E-state index is 12.9. The van der Waals surface area contributed by atoms with Crippen LogP contribution in [-0.2, 0) is 16.2 Å². The SMILES string of the molecule is CCOc1ccc(NC(=O)CN2C(=O)S/C(=C/c3cc(Br)c(OCc4ccccn4)c(OC)c3)C2=O)cc1. The van der Waals surface area contributed by atoms with E-state index in [-0.39, 0.29) is 11.5 Å². The zero-order valence-electron chi connectivity index (χ0n) is 20.6. The molecule has 1 aliphatic heterocycles. The van der Waals surface area contributed by atoms with Crippen molar-refractivity contribution in [3.8, 4) is 17.2 Å². The number of carbonyl (C=O) groups excluding carboxylic acids is 3. The van der Waals surface area contributed by atoms with Gasteiger partial charge in [0, 0.05) is 11.9 Å². The van der Waals surface area contributed by atoms with Crippen molar-refractivity contribution in [2.75, 3.05) is 25.6 Å². The molecule has 0 atom stereocenters. The van der Waals surface area contributed by atoms with Crippen LogP contribution < -0.4 is 19.5 Å². The van der Waals surface area contributed by atoms with Crippen molar-refractivity contribution in [3.63, 3.8) is 0 Å². The van der Waals surface area contributed by atoms with Crippen molar-refractivity contribution >= 4 is 56.5 Å². The predicted molar refractivity (Wildman–Crippen MR) is 148 cm³/mol. The summed E-state index contributed by atoms with van der Waals surface area (Å²) in [5.41, 5.74) is 1.90. The van der Waals surface area contributed by atoms with Crippen LogP contribution in [0.25, 0.3) is 6.08 Å². The van der Waals surface area contributed by atoms with E-state index in [0.717, 1.165) is 22.4 Å². The standard InChI is InChI=1S/C27H24BrN3O6S/c1-3-36-20-9-7-18(8-10-20)30-24(32)15-31-26(33)23(38-27(31)34)14-17-12-21(28)25(22(13-17)35-2)37-16-19-6-4-5-11-29-19/h4-14H,3,15-16H2,1-2H3,(H,30,32)/b23-14+. The molecule has 1 saturated heterocycles. The number of benzene rings is 2. The molecule has 3 aromatic rings. The first-order valence-electron chi connectivity index (χ1n) is 11.6. The van der Waals surface area contributed by atoms with Gasteiger partial charge in [0.25, 0.3) is 11.1 Å². The molecule has 11 heteroatoms. The van der Waals surface area contributed by atoms with Crippen molar-refractivity contribution in [2.45, 2.75) is 13.5 Å². The van der Waals surface area contributed by atoms with Crippen LogP contribution >= 0.6 is 27.7 Å². The van der Waals surface area contributed by atoms with Crippen molar-refractivity contribution in [2.24, 2.45) is 0 Å². The van der Waals surface area contributed by atoms with E-state index in [2.05, 4.69) is 26.2 Å². The van der Waals surface area contributed by atoms with Crippen LogP contribution in [0.15, 0.2) is 70.2 Å². The predicted octanol–water partition coefficient (Wildman–Crippen LogP) is 5.51. The Balaban J connectivity index is 1.43. The van der Waals surface area contributed by atoms with Gasteiger partial charge < -0.3 is 19.5 Å².